The van der Waals surface area contributed by atoms with Gasteiger partial charge in [0, 0.05) is 19.6 Å². The van der Waals surface area contributed by atoms with Gasteiger partial charge in [0.05, 0.1) is 12.0 Å². The molecule has 0 fully saturated rings. The lowest BCUT2D eigenvalue weighted by Crippen LogP contribution is -2.38. The third-order valence-corrected chi connectivity index (χ3v) is 6.43. The molecule has 8 nitrogen and oxygen atoms in total. The van der Waals surface area contributed by atoms with E-state index in [9.17, 15) is 16.8 Å². The first kappa shape index (κ1) is 20.0. The van der Waals surface area contributed by atoms with E-state index >= 15 is 0 Å². The van der Waals surface area contributed by atoms with E-state index in [0.717, 1.165) is 18.2 Å². The van der Waals surface area contributed by atoms with Crippen molar-refractivity contribution in [3.8, 4) is 11.5 Å². The van der Waals surface area contributed by atoms with Crippen LogP contribution in [-0.2, 0) is 26.6 Å². The van der Waals surface area contributed by atoms with Gasteiger partial charge >= 0.3 is 0 Å². The number of hydrogen-bond acceptors (Lipinski definition) is 6. The second-order valence-corrected chi connectivity index (χ2v) is 9.76. The zero-order valence-electron chi connectivity index (χ0n) is 14.4. The topological polar surface area (TPSA) is 102 Å². The fourth-order valence-electron chi connectivity index (χ4n) is 2.34. The fourth-order valence-corrected chi connectivity index (χ4v) is 4.36. The van der Waals surface area contributed by atoms with Gasteiger partial charge in [-0.25, -0.2) is 21.6 Å². The molecule has 0 saturated carbocycles. The smallest absolute Gasteiger partial charge is 0.231 e. The van der Waals surface area contributed by atoms with E-state index in [1.807, 2.05) is 6.92 Å². The molecule has 0 aromatic heterocycles. The summed E-state index contributed by atoms with van der Waals surface area (Å²) in [7, 11) is -6.86. The van der Waals surface area contributed by atoms with Crippen LogP contribution in [0.4, 0.5) is 0 Å². The molecule has 0 saturated heterocycles. The van der Waals surface area contributed by atoms with E-state index in [-0.39, 0.29) is 32.2 Å². The molecule has 0 amide bonds. The molecule has 1 aromatic rings. The van der Waals surface area contributed by atoms with Gasteiger partial charge in [-0.3, -0.25) is 0 Å². The van der Waals surface area contributed by atoms with Gasteiger partial charge in [-0.05, 0) is 24.1 Å². The molecule has 1 heterocycles. The Bertz CT molecular complexity index is 792. The van der Waals surface area contributed by atoms with Crippen LogP contribution < -0.4 is 14.2 Å². The largest absolute Gasteiger partial charge is 0.454 e. The average molecular weight is 392 g/mol. The van der Waals surface area contributed by atoms with Crippen LogP contribution in [0.3, 0.4) is 0 Å². The number of nitrogens with zero attached hydrogens (tertiary/aromatic N) is 1. The molecule has 1 N–H and O–H groups in total. The van der Waals surface area contributed by atoms with Crippen molar-refractivity contribution in [3.05, 3.63) is 23.8 Å². The highest BCUT2D eigenvalue weighted by atomic mass is 32.2. The number of sulfonamides is 2. The number of benzene rings is 1. The van der Waals surface area contributed by atoms with E-state index in [1.54, 1.807) is 18.2 Å². The first-order valence-electron chi connectivity index (χ1n) is 8.02. The molecule has 0 radical (unpaired) electrons. The highest BCUT2D eigenvalue weighted by molar-refractivity contribution is 7.89. The average Bonchev–Trinajstić information content (AvgIpc) is 2.98. The minimum Gasteiger partial charge on any atom is -0.454 e. The number of rotatable bonds is 10. The van der Waals surface area contributed by atoms with Crippen molar-refractivity contribution in [1.29, 1.82) is 0 Å². The van der Waals surface area contributed by atoms with Gasteiger partial charge in [0.25, 0.3) is 0 Å². The number of hydrogen-bond donors (Lipinski definition) is 1. The van der Waals surface area contributed by atoms with Crippen LogP contribution in [-0.4, -0.2) is 53.0 Å². The number of nitrogens with one attached hydrogen (secondary N) is 1. The Morgan fingerprint density at radius 2 is 1.88 bits per heavy atom. The van der Waals surface area contributed by atoms with Crippen LogP contribution in [0.15, 0.2) is 18.2 Å². The van der Waals surface area contributed by atoms with Crippen molar-refractivity contribution in [2.45, 2.75) is 26.3 Å². The first-order chi connectivity index (χ1) is 11.7. The summed E-state index contributed by atoms with van der Waals surface area (Å²) in [5.74, 6) is 1.24. The van der Waals surface area contributed by atoms with Gasteiger partial charge in [0.1, 0.15) is 0 Å². The maximum atomic E-state index is 12.0. The number of unbranched alkanes of at least 4 members (excludes halogenated alkanes) is 1. The van der Waals surface area contributed by atoms with Crippen molar-refractivity contribution >= 4 is 20.0 Å². The SMILES string of the molecule is CCCCS(=O)(=O)NCCN(Cc1ccc2c(c1)OCO2)S(C)(=O)=O. The van der Waals surface area contributed by atoms with Crippen molar-refractivity contribution in [3.63, 3.8) is 0 Å². The zero-order chi connectivity index (χ0) is 18.5. The Balaban J connectivity index is 1.98. The fraction of sp³-hybridized carbons (Fsp3) is 0.600. The second kappa shape index (κ2) is 8.35. The molecule has 0 unspecified atom stereocenters. The maximum absolute atomic E-state index is 12.0. The molecule has 1 aromatic carbocycles. The first-order valence-corrected chi connectivity index (χ1v) is 11.5. The standard InChI is InChI=1S/C15H24N2O6S2/c1-3-4-9-25(20,21)16-7-8-17(24(2,18)19)11-13-5-6-14-15(10-13)23-12-22-14/h5-6,10,16H,3-4,7-9,11-12H2,1-2H3. The van der Waals surface area contributed by atoms with Crippen molar-refractivity contribution < 1.29 is 26.3 Å². The van der Waals surface area contributed by atoms with E-state index in [0.29, 0.717) is 17.9 Å². The molecule has 0 atom stereocenters. The van der Waals surface area contributed by atoms with Crippen LogP contribution in [0.2, 0.25) is 0 Å². The van der Waals surface area contributed by atoms with Gasteiger partial charge in [0.15, 0.2) is 11.5 Å². The summed E-state index contributed by atoms with van der Waals surface area (Å²) in [6.07, 6.45) is 2.45. The third kappa shape index (κ3) is 6.14. The molecule has 0 spiro atoms. The van der Waals surface area contributed by atoms with Gasteiger partial charge in [-0.1, -0.05) is 19.4 Å². The molecule has 25 heavy (non-hydrogen) atoms. The summed E-state index contributed by atoms with van der Waals surface area (Å²) in [6, 6.07) is 5.22. The predicted molar refractivity (Wildman–Crippen MR) is 94.5 cm³/mol. The highest BCUT2D eigenvalue weighted by Crippen LogP contribution is 2.32. The van der Waals surface area contributed by atoms with Crippen LogP contribution in [0, 0.1) is 0 Å². The van der Waals surface area contributed by atoms with Gasteiger partial charge in [0.2, 0.25) is 26.8 Å². The highest BCUT2D eigenvalue weighted by Gasteiger charge is 2.20. The molecule has 0 aliphatic carbocycles. The third-order valence-electron chi connectivity index (χ3n) is 3.71. The number of ether oxygens (including phenoxy) is 2. The Labute approximate surface area is 149 Å². The van der Waals surface area contributed by atoms with E-state index in [4.69, 9.17) is 9.47 Å². The quantitative estimate of drug-likeness (QED) is 0.635. The molecule has 1 aliphatic heterocycles. The molecule has 142 valence electrons. The van der Waals surface area contributed by atoms with Gasteiger partial charge in [-0.2, -0.15) is 4.31 Å². The second-order valence-electron chi connectivity index (χ2n) is 5.85. The Morgan fingerprint density at radius 3 is 2.56 bits per heavy atom. The summed E-state index contributed by atoms with van der Waals surface area (Å²) >= 11 is 0. The summed E-state index contributed by atoms with van der Waals surface area (Å²) in [4.78, 5) is 0. The normalized spacial score (nSPS) is 14.2. The molecule has 0 bridgehead atoms. The molecular weight excluding hydrogens is 368 g/mol. The zero-order valence-corrected chi connectivity index (χ0v) is 16.0. The van der Waals surface area contributed by atoms with Crippen LogP contribution in [0.5, 0.6) is 11.5 Å². The van der Waals surface area contributed by atoms with Crippen molar-refractivity contribution in [2.75, 3.05) is 31.9 Å². The maximum Gasteiger partial charge on any atom is 0.231 e. The van der Waals surface area contributed by atoms with Gasteiger partial charge in [-0.15, -0.1) is 0 Å². The molecule has 2 rings (SSSR count). The predicted octanol–water partition coefficient (Wildman–Crippen LogP) is 0.896. The monoisotopic (exact) mass is 392 g/mol. The van der Waals surface area contributed by atoms with Crippen molar-refractivity contribution in [2.24, 2.45) is 0 Å². The summed E-state index contributed by atoms with van der Waals surface area (Å²) < 4.78 is 61.8. The number of fused-ring (bicyclic) bond motifs is 1. The van der Waals surface area contributed by atoms with Crippen molar-refractivity contribution in [1.82, 2.24) is 9.03 Å². The Morgan fingerprint density at radius 1 is 1.16 bits per heavy atom. The van der Waals surface area contributed by atoms with E-state index in [2.05, 4.69) is 4.72 Å². The summed E-state index contributed by atoms with van der Waals surface area (Å²) in [5, 5.41) is 0. The molecular formula is C15H24N2O6S2. The Kier molecular flexibility index (Phi) is 6.66. The minimum absolute atomic E-state index is 0.0314. The van der Waals surface area contributed by atoms with E-state index in [1.165, 1.54) is 4.31 Å². The van der Waals surface area contributed by atoms with Crippen LogP contribution in [0.1, 0.15) is 25.3 Å². The lowest BCUT2D eigenvalue weighted by Gasteiger charge is -2.20. The minimum atomic E-state index is -3.49. The van der Waals surface area contributed by atoms with E-state index < -0.39 is 20.0 Å². The van der Waals surface area contributed by atoms with Gasteiger partial charge < -0.3 is 9.47 Å². The molecule has 1 aliphatic rings. The lowest BCUT2D eigenvalue weighted by atomic mass is 10.2. The van der Waals surface area contributed by atoms with Crippen LogP contribution >= 0.6 is 0 Å². The summed E-state index contributed by atoms with van der Waals surface area (Å²) in [5.41, 5.74) is 0.739. The Hall–Kier alpha value is -1.36. The molecule has 10 heteroatoms. The van der Waals surface area contributed by atoms with Crippen LogP contribution in [0.25, 0.3) is 0 Å². The lowest BCUT2D eigenvalue weighted by molar-refractivity contribution is 0.174. The summed E-state index contributed by atoms with van der Waals surface area (Å²) in [6.45, 7) is 2.27.